The topological polar surface area (TPSA) is 68.1 Å². The highest BCUT2D eigenvalue weighted by Crippen LogP contribution is 2.26. The van der Waals surface area contributed by atoms with E-state index in [0.29, 0.717) is 36.1 Å². The maximum Gasteiger partial charge on any atom is 0.287 e. The summed E-state index contributed by atoms with van der Waals surface area (Å²) in [6.45, 7) is 0.787. The molecule has 6 nitrogen and oxygen atoms in total. The molecule has 1 fully saturated rings. The SMILES string of the molecule is O=C(c1c(F)cccc1Cl)N1CCC(n2nnc3ccsc3c2=O)CC1. The fourth-order valence-electron chi connectivity index (χ4n) is 3.19. The van der Waals surface area contributed by atoms with Gasteiger partial charge in [-0.05, 0) is 36.4 Å². The summed E-state index contributed by atoms with van der Waals surface area (Å²) in [5.74, 6) is -1.06. The number of benzene rings is 1. The lowest BCUT2D eigenvalue weighted by molar-refractivity contribution is 0.0682. The Labute approximate surface area is 156 Å². The monoisotopic (exact) mass is 392 g/mol. The standard InChI is InChI=1S/C17H14ClFN4O2S/c18-11-2-1-3-12(19)14(11)16(24)22-7-4-10(5-8-22)23-17(25)15-13(20-21-23)6-9-26-15/h1-3,6,9-10H,4-5,7-8H2. The van der Waals surface area contributed by atoms with Crippen LogP contribution < -0.4 is 5.56 Å². The second kappa shape index (κ2) is 6.77. The fourth-order valence-corrected chi connectivity index (χ4v) is 4.20. The summed E-state index contributed by atoms with van der Waals surface area (Å²) in [5.41, 5.74) is 0.328. The largest absolute Gasteiger partial charge is 0.338 e. The van der Waals surface area contributed by atoms with Gasteiger partial charge in [-0.15, -0.1) is 16.4 Å². The highest BCUT2D eigenvalue weighted by atomic mass is 35.5. The normalized spacial score (nSPS) is 15.5. The van der Waals surface area contributed by atoms with Crippen LogP contribution in [0.4, 0.5) is 4.39 Å². The molecule has 134 valence electrons. The van der Waals surface area contributed by atoms with Crippen LogP contribution in [-0.4, -0.2) is 38.9 Å². The Morgan fingerprint density at radius 2 is 2.04 bits per heavy atom. The van der Waals surface area contributed by atoms with Crippen molar-refractivity contribution < 1.29 is 9.18 Å². The minimum absolute atomic E-state index is 0.0994. The Morgan fingerprint density at radius 3 is 2.77 bits per heavy atom. The molecule has 0 saturated carbocycles. The molecule has 0 N–H and O–H groups in total. The number of rotatable bonds is 2. The molecule has 0 radical (unpaired) electrons. The third kappa shape index (κ3) is 2.89. The number of hydrogen-bond donors (Lipinski definition) is 0. The van der Waals surface area contributed by atoms with E-state index in [9.17, 15) is 14.0 Å². The molecule has 1 aromatic carbocycles. The number of nitrogens with zero attached hydrogens (tertiary/aromatic N) is 4. The quantitative estimate of drug-likeness (QED) is 0.672. The first-order valence-electron chi connectivity index (χ1n) is 8.12. The number of piperidine rings is 1. The zero-order valence-electron chi connectivity index (χ0n) is 13.6. The minimum atomic E-state index is -0.630. The van der Waals surface area contributed by atoms with Crippen molar-refractivity contribution in [3.8, 4) is 0 Å². The van der Waals surface area contributed by atoms with Crippen LogP contribution in [0.25, 0.3) is 10.2 Å². The molecule has 26 heavy (non-hydrogen) atoms. The summed E-state index contributed by atoms with van der Waals surface area (Å²) < 4.78 is 16.0. The van der Waals surface area contributed by atoms with E-state index in [1.54, 1.807) is 11.0 Å². The van der Waals surface area contributed by atoms with Crippen molar-refractivity contribution in [2.75, 3.05) is 13.1 Å². The number of likely N-dealkylation sites (tertiary alicyclic amines) is 1. The molecule has 4 rings (SSSR count). The van der Waals surface area contributed by atoms with Crippen molar-refractivity contribution in [1.29, 1.82) is 0 Å². The molecule has 0 spiro atoms. The number of thiophene rings is 1. The number of aromatic nitrogens is 3. The number of amides is 1. The summed E-state index contributed by atoms with van der Waals surface area (Å²) in [5, 5.41) is 10.0. The summed E-state index contributed by atoms with van der Waals surface area (Å²) in [6.07, 6.45) is 1.09. The molecule has 0 unspecified atom stereocenters. The van der Waals surface area contributed by atoms with Gasteiger partial charge in [0.1, 0.15) is 16.0 Å². The predicted molar refractivity (Wildman–Crippen MR) is 97.3 cm³/mol. The molecule has 1 saturated heterocycles. The first-order valence-corrected chi connectivity index (χ1v) is 9.38. The van der Waals surface area contributed by atoms with Gasteiger partial charge in [0.15, 0.2) is 0 Å². The summed E-state index contributed by atoms with van der Waals surface area (Å²) in [6, 6.07) is 5.81. The van der Waals surface area contributed by atoms with Gasteiger partial charge in [-0.1, -0.05) is 22.9 Å². The lowest BCUT2D eigenvalue weighted by Crippen LogP contribution is -2.41. The van der Waals surface area contributed by atoms with Crippen molar-refractivity contribution in [2.45, 2.75) is 18.9 Å². The molecule has 3 aromatic rings. The van der Waals surface area contributed by atoms with Crippen LogP contribution in [0.3, 0.4) is 0 Å². The highest BCUT2D eigenvalue weighted by Gasteiger charge is 2.28. The second-order valence-electron chi connectivity index (χ2n) is 6.09. The van der Waals surface area contributed by atoms with E-state index in [-0.39, 0.29) is 22.2 Å². The van der Waals surface area contributed by atoms with E-state index in [1.807, 2.05) is 5.38 Å². The molecule has 1 aliphatic rings. The van der Waals surface area contributed by atoms with Crippen LogP contribution in [0, 0.1) is 5.82 Å². The van der Waals surface area contributed by atoms with Gasteiger partial charge in [-0.25, -0.2) is 9.07 Å². The molecule has 0 bridgehead atoms. The second-order valence-corrected chi connectivity index (χ2v) is 7.42. The Kier molecular flexibility index (Phi) is 4.46. The number of carbonyl (C=O) groups is 1. The molecule has 2 aromatic heterocycles. The van der Waals surface area contributed by atoms with Gasteiger partial charge in [0, 0.05) is 13.1 Å². The molecule has 1 amide bonds. The van der Waals surface area contributed by atoms with E-state index in [0.717, 1.165) is 0 Å². The maximum absolute atomic E-state index is 14.0. The van der Waals surface area contributed by atoms with Crippen LogP contribution in [0.1, 0.15) is 29.2 Å². The van der Waals surface area contributed by atoms with Crippen LogP contribution in [-0.2, 0) is 0 Å². The fraction of sp³-hybridized carbons (Fsp3) is 0.294. The number of fused-ring (bicyclic) bond motifs is 1. The van der Waals surface area contributed by atoms with Crippen LogP contribution in [0.5, 0.6) is 0 Å². The zero-order valence-corrected chi connectivity index (χ0v) is 15.1. The molecule has 0 aliphatic carbocycles. The van der Waals surface area contributed by atoms with Crippen LogP contribution >= 0.6 is 22.9 Å². The summed E-state index contributed by atoms with van der Waals surface area (Å²) in [7, 11) is 0. The maximum atomic E-state index is 14.0. The average molecular weight is 393 g/mol. The van der Waals surface area contributed by atoms with Crippen molar-refractivity contribution in [1.82, 2.24) is 19.9 Å². The van der Waals surface area contributed by atoms with Gasteiger partial charge in [0.05, 0.1) is 16.6 Å². The Balaban J connectivity index is 1.53. The number of carbonyl (C=O) groups excluding carboxylic acids is 1. The summed E-state index contributed by atoms with van der Waals surface area (Å²) >= 11 is 7.32. The highest BCUT2D eigenvalue weighted by molar-refractivity contribution is 7.17. The van der Waals surface area contributed by atoms with E-state index in [4.69, 9.17) is 11.6 Å². The average Bonchev–Trinajstić information content (AvgIpc) is 3.12. The zero-order chi connectivity index (χ0) is 18.3. The van der Waals surface area contributed by atoms with Gasteiger partial charge in [-0.3, -0.25) is 9.59 Å². The van der Waals surface area contributed by atoms with Crippen LogP contribution in [0.15, 0.2) is 34.4 Å². The third-order valence-electron chi connectivity index (χ3n) is 4.57. The molecular weight excluding hydrogens is 379 g/mol. The molecule has 0 atom stereocenters. The lowest BCUT2D eigenvalue weighted by atomic mass is 10.0. The molecular formula is C17H14ClFN4O2S. The van der Waals surface area contributed by atoms with Gasteiger partial charge in [0.25, 0.3) is 11.5 Å². The lowest BCUT2D eigenvalue weighted by Gasteiger charge is -2.32. The van der Waals surface area contributed by atoms with Crippen molar-refractivity contribution in [3.05, 3.63) is 56.4 Å². The smallest absolute Gasteiger partial charge is 0.287 e. The van der Waals surface area contributed by atoms with Crippen molar-refractivity contribution in [2.24, 2.45) is 0 Å². The Hall–Kier alpha value is -2.32. The minimum Gasteiger partial charge on any atom is -0.338 e. The predicted octanol–water partition coefficient (Wildman–Crippen LogP) is 3.12. The van der Waals surface area contributed by atoms with E-state index >= 15 is 0 Å². The van der Waals surface area contributed by atoms with Crippen molar-refractivity contribution in [3.63, 3.8) is 0 Å². The van der Waals surface area contributed by atoms with Gasteiger partial charge < -0.3 is 4.90 Å². The van der Waals surface area contributed by atoms with Crippen molar-refractivity contribution >= 4 is 39.1 Å². The number of hydrogen-bond acceptors (Lipinski definition) is 5. The van der Waals surface area contributed by atoms with Gasteiger partial charge in [0.2, 0.25) is 0 Å². The molecule has 9 heteroatoms. The third-order valence-corrected chi connectivity index (χ3v) is 5.78. The first kappa shape index (κ1) is 17.1. The first-order chi connectivity index (χ1) is 12.6. The van der Waals surface area contributed by atoms with E-state index in [2.05, 4.69) is 10.3 Å². The van der Waals surface area contributed by atoms with Gasteiger partial charge >= 0.3 is 0 Å². The van der Waals surface area contributed by atoms with E-state index < -0.39 is 11.7 Å². The Bertz CT molecular complexity index is 1020. The van der Waals surface area contributed by atoms with Gasteiger partial charge in [-0.2, -0.15) is 0 Å². The molecule has 1 aliphatic heterocycles. The Morgan fingerprint density at radius 1 is 1.27 bits per heavy atom. The van der Waals surface area contributed by atoms with E-state index in [1.165, 1.54) is 34.2 Å². The van der Waals surface area contributed by atoms with Crippen LogP contribution in [0.2, 0.25) is 5.02 Å². The molecule has 3 heterocycles. The number of halogens is 2. The summed E-state index contributed by atoms with van der Waals surface area (Å²) in [4.78, 5) is 26.7.